The highest BCUT2D eigenvalue weighted by Gasteiger charge is 2.40. The molecular formula is C10H19NO3S. The second kappa shape index (κ2) is 4.03. The first kappa shape index (κ1) is 11.4. The van der Waals surface area contributed by atoms with Crippen molar-refractivity contribution in [1.82, 2.24) is 0 Å². The Hall–Kier alpha value is -0.130. The molecule has 15 heavy (non-hydrogen) atoms. The minimum absolute atomic E-state index is 0.00634. The molecule has 0 aromatic heterocycles. The molecule has 1 aliphatic heterocycles. The highest BCUT2D eigenvalue weighted by Crippen LogP contribution is 2.42. The Morgan fingerprint density at radius 3 is 2.60 bits per heavy atom. The van der Waals surface area contributed by atoms with Gasteiger partial charge in [-0.05, 0) is 31.6 Å². The van der Waals surface area contributed by atoms with Gasteiger partial charge in [0, 0.05) is 6.61 Å². The molecule has 1 saturated carbocycles. The second-order valence-corrected chi connectivity index (χ2v) is 6.59. The van der Waals surface area contributed by atoms with Crippen LogP contribution in [0.4, 0.5) is 0 Å². The van der Waals surface area contributed by atoms with Crippen LogP contribution in [0.2, 0.25) is 0 Å². The van der Waals surface area contributed by atoms with E-state index in [4.69, 9.17) is 9.88 Å². The van der Waals surface area contributed by atoms with Gasteiger partial charge in [-0.15, -0.1) is 0 Å². The largest absolute Gasteiger partial charge is 0.375 e. The third kappa shape index (κ3) is 2.92. The zero-order valence-electron chi connectivity index (χ0n) is 8.94. The van der Waals surface area contributed by atoms with Gasteiger partial charge in [0.2, 0.25) is 10.0 Å². The van der Waals surface area contributed by atoms with E-state index in [1.807, 2.05) is 0 Å². The van der Waals surface area contributed by atoms with Gasteiger partial charge < -0.3 is 4.74 Å². The molecule has 0 aromatic carbocycles. The van der Waals surface area contributed by atoms with Crippen LogP contribution in [0, 0.1) is 5.92 Å². The fourth-order valence-electron chi connectivity index (χ4n) is 2.97. The summed E-state index contributed by atoms with van der Waals surface area (Å²) in [7, 11) is -3.33. The lowest BCUT2D eigenvalue weighted by atomic mass is 9.86. The third-order valence-corrected chi connectivity index (χ3v) is 4.51. The van der Waals surface area contributed by atoms with Crippen LogP contribution >= 0.6 is 0 Å². The van der Waals surface area contributed by atoms with Crippen molar-refractivity contribution >= 4 is 10.0 Å². The van der Waals surface area contributed by atoms with Gasteiger partial charge in [-0.2, -0.15) is 0 Å². The molecule has 2 rings (SSSR count). The molecule has 0 amide bonds. The van der Waals surface area contributed by atoms with E-state index < -0.39 is 10.0 Å². The molecule has 1 atom stereocenters. The number of hydrogen-bond acceptors (Lipinski definition) is 3. The fraction of sp³-hybridized carbons (Fsp3) is 1.00. The van der Waals surface area contributed by atoms with Crippen LogP contribution in [-0.2, 0) is 14.8 Å². The van der Waals surface area contributed by atoms with Crippen molar-refractivity contribution in [3.8, 4) is 0 Å². The molecular weight excluding hydrogens is 214 g/mol. The van der Waals surface area contributed by atoms with E-state index >= 15 is 0 Å². The molecule has 1 spiro atoms. The minimum Gasteiger partial charge on any atom is -0.375 e. The van der Waals surface area contributed by atoms with Gasteiger partial charge in [-0.25, -0.2) is 13.6 Å². The number of rotatable bonds is 2. The third-order valence-electron chi connectivity index (χ3n) is 3.58. The van der Waals surface area contributed by atoms with Crippen LogP contribution in [0.5, 0.6) is 0 Å². The van der Waals surface area contributed by atoms with Gasteiger partial charge in [0.1, 0.15) is 0 Å². The molecule has 5 heteroatoms. The predicted octanol–water partition coefficient (Wildman–Crippen LogP) is 1.01. The number of hydrogen-bond donors (Lipinski definition) is 1. The van der Waals surface area contributed by atoms with Crippen molar-refractivity contribution in [1.29, 1.82) is 0 Å². The van der Waals surface area contributed by atoms with E-state index in [2.05, 4.69) is 0 Å². The lowest BCUT2D eigenvalue weighted by molar-refractivity contribution is -0.0890. The van der Waals surface area contributed by atoms with Gasteiger partial charge >= 0.3 is 0 Å². The van der Waals surface area contributed by atoms with E-state index in [-0.39, 0.29) is 17.3 Å². The SMILES string of the molecule is NS(=O)(=O)CC1CCOC2(CCCC2)C1. The molecule has 88 valence electrons. The molecule has 0 radical (unpaired) electrons. The van der Waals surface area contributed by atoms with Gasteiger partial charge in [-0.1, -0.05) is 12.8 Å². The summed E-state index contributed by atoms with van der Waals surface area (Å²) in [5, 5.41) is 5.08. The normalized spacial score (nSPS) is 30.9. The summed E-state index contributed by atoms with van der Waals surface area (Å²) in [5.41, 5.74) is -0.00634. The van der Waals surface area contributed by atoms with E-state index in [1.54, 1.807) is 0 Å². The molecule has 0 aromatic rings. The molecule has 2 fully saturated rings. The van der Waals surface area contributed by atoms with E-state index in [0.717, 1.165) is 25.7 Å². The summed E-state index contributed by atoms with van der Waals surface area (Å²) in [5.74, 6) is 0.324. The fourth-order valence-corrected chi connectivity index (χ4v) is 3.91. The summed E-state index contributed by atoms with van der Waals surface area (Å²) in [6, 6.07) is 0. The summed E-state index contributed by atoms with van der Waals surface area (Å²) < 4.78 is 27.9. The Balaban J connectivity index is 1.98. The Labute approximate surface area is 91.2 Å². The average Bonchev–Trinajstić information content (AvgIpc) is 2.50. The van der Waals surface area contributed by atoms with Crippen LogP contribution in [0.3, 0.4) is 0 Å². The maximum atomic E-state index is 11.0. The highest BCUT2D eigenvalue weighted by atomic mass is 32.2. The van der Waals surface area contributed by atoms with Crippen molar-refractivity contribution in [3.05, 3.63) is 0 Å². The van der Waals surface area contributed by atoms with Crippen molar-refractivity contribution in [2.24, 2.45) is 11.1 Å². The van der Waals surface area contributed by atoms with Crippen LogP contribution < -0.4 is 5.14 Å². The predicted molar refractivity (Wildman–Crippen MR) is 57.8 cm³/mol. The molecule has 0 bridgehead atoms. The Kier molecular flexibility index (Phi) is 3.05. The summed E-state index contributed by atoms with van der Waals surface area (Å²) in [6.45, 7) is 0.695. The minimum atomic E-state index is -3.33. The van der Waals surface area contributed by atoms with Gasteiger partial charge in [0.05, 0.1) is 11.4 Å². The molecule has 1 unspecified atom stereocenters. The molecule has 2 aliphatic rings. The summed E-state index contributed by atoms with van der Waals surface area (Å²) in [6.07, 6.45) is 6.31. The molecule has 2 N–H and O–H groups in total. The number of nitrogens with two attached hydrogens (primary N) is 1. The highest BCUT2D eigenvalue weighted by molar-refractivity contribution is 7.89. The molecule has 4 nitrogen and oxygen atoms in total. The van der Waals surface area contributed by atoms with Gasteiger partial charge in [0.25, 0.3) is 0 Å². The first-order valence-corrected chi connectivity index (χ1v) is 7.35. The van der Waals surface area contributed by atoms with Crippen molar-refractivity contribution in [2.45, 2.75) is 44.1 Å². The standard InChI is InChI=1S/C10H19NO3S/c11-15(12,13)8-9-3-6-14-10(7-9)4-1-2-5-10/h9H,1-8H2,(H2,11,12,13). The lowest BCUT2D eigenvalue weighted by Crippen LogP contribution is -2.40. The van der Waals surface area contributed by atoms with Gasteiger partial charge in [0.15, 0.2) is 0 Å². The zero-order chi connectivity index (χ0) is 10.9. The smallest absolute Gasteiger partial charge is 0.209 e. The topological polar surface area (TPSA) is 69.4 Å². The number of primary sulfonamides is 1. The van der Waals surface area contributed by atoms with E-state index in [0.29, 0.717) is 6.61 Å². The summed E-state index contributed by atoms with van der Waals surface area (Å²) in [4.78, 5) is 0. The Morgan fingerprint density at radius 2 is 2.00 bits per heavy atom. The van der Waals surface area contributed by atoms with Crippen LogP contribution in [0.1, 0.15) is 38.5 Å². The van der Waals surface area contributed by atoms with E-state index in [9.17, 15) is 8.42 Å². The lowest BCUT2D eigenvalue weighted by Gasteiger charge is -2.38. The van der Waals surface area contributed by atoms with E-state index in [1.165, 1.54) is 12.8 Å². The average molecular weight is 233 g/mol. The second-order valence-electron chi connectivity index (χ2n) is 4.93. The maximum absolute atomic E-state index is 11.0. The first-order chi connectivity index (χ1) is 6.99. The molecule has 1 aliphatic carbocycles. The Morgan fingerprint density at radius 1 is 1.33 bits per heavy atom. The summed E-state index contributed by atoms with van der Waals surface area (Å²) >= 11 is 0. The first-order valence-electron chi connectivity index (χ1n) is 5.64. The zero-order valence-corrected chi connectivity index (χ0v) is 9.76. The monoisotopic (exact) mass is 233 g/mol. The van der Waals surface area contributed by atoms with Crippen LogP contribution in [0.15, 0.2) is 0 Å². The van der Waals surface area contributed by atoms with Crippen LogP contribution in [0.25, 0.3) is 0 Å². The molecule has 1 heterocycles. The number of ether oxygens (including phenoxy) is 1. The van der Waals surface area contributed by atoms with Crippen molar-refractivity contribution in [2.75, 3.05) is 12.4 Å². The molecule has 1 saturated heterocycles. The Bertz CT molecular complexity index is 320. The van der Waals surface area contributed by atoms with Gasteiger partial charge in [-0.3, -0.25) is 0 Å². The quantitative estimate of drug-likeness (QED) is 0.774. The van der Waals surface area contributed by atoms with Crippen LogP contribution in [-0.4, -0.2) is 26.4 Å². The van der Waals surface area contributed by atoms with Crippen molar-refractivity contribution < 1.29 is 13.2 Å². The number of sulfonamides is 1. The van der Waals surface area contributed by atoms with Crippen molar-refractivity contribution in [3.63, 3.8) is 0 Å². The maximum Gasteiger partial charge on any atom is 0.209 e.